The molecule has 0 radical (unpaired) electrons. The smallest absolute Gasteiger partial charge is 0.296 e. The van der Waals surface area contributed by atoms with E-state index in [0.717, 1.165) is 0 Å². The number of nitrogens with zero attached hydrogens (tertiary/aromatic N) is 2. The number of benzene rings is 2. The van der Waals surface area contributed by atoms with E-state index in [1.54, 1.807) is 54.6 Å². The molecule has 1 spiro atoms. The fourth-order valence-electron chi connectivity index (χ4n) is 4.67. The highest BCUT2D eigenvalue weighted by Crippen LogP contribution is 2.53. The molecule has 8 heteroatoms. The van der Waals surface area contributed by atoms with Gasteiger partial charge in [0, 0.05) is 31.3 Å². The molecule has 2 heterocycles. The van der Waals surface area contributed by atoms with Crippen LogP contribution in [0.5, 0.6) is 5.75 Å². The van der Waals surface area contributed by atoms with E-state index in [4.69, 9.17) is 9.47 Å². The average molecular weight is 463 g/mol. The van der Waals surface area contributed by atoms with Gasteiger partial charge in [-0.2, -0.15) is 0 Å². The number of ether oxygens (including phenoxy) is 2. The zero-order valence-corrected chi connectivity index (χ0v) is 19.1. The Morgan fingerprint density at radius 3 is 2.47 bits per heavy atom. The van der Waals surface area contributed by atoms with Crippen LogP contribution in [0.15, 0.2) is 66.8 Å². The van der Waals surface area contributed by atoms with E-state index in [1.165, 1.54) is 16.9 Å². The minimum absolute atomic E-state index is 0.00378. The normalized spacial score (nSPS) is 20.8. The number of hydrogen-bond acceptors (Lipinski definition) is 6. The first kappa shape index (κ1) is 23.3. The predicted molar refractivity (Wildman–Crippen MR) is 126 cm³/mol. The quantitative estimate of drug-likeness (QED) is 0.281. The molecule has 1 fully saturated rings. The van der Waals surface area contributed by atoms with E-state index in [0.29, 0.717) is 30.2 Å². The van der Waals surface area contributed by atoms with E-state index >= 15 is 0 Å². The summed E-state index contributed by atoms with van der Waals surface area (Å²) >= 11 is 0. The molecule has 0 bridgehead atoms. The molecule has 176 valence electrons. The number of hydrogen-bond donors (Lipinski definition) is 1. The minimum Gasteiger partial charge on any atom is -0.507 e. The lowest BCUT2D eigenvalue weighted by atomic mass is 9.82. The second kappa shape index (κ2) is 9.15. The van der Waals surface area contributed by atoms with Crippen LogP contribution in [-0.2, 0) is 24.7 Å². The fraction of sp³-hybridized carbons (Fsp3) is 0.269. The van der Waals surface area contributed by atoms with Gasteiger partial charge in [-0.25, -0.2) is 0 Å². The number of aliphatic hydroxyl groups excluding tert-OH is 1. The Balaban J connectivity index is 1.96. The number of Topliss-reactive ketones (excluding diaryl/α,β-unsaturated/α-hetero) is 1. The molecule has 2 aromatic carbocycles. The van der Waals surface area contributed by atoms with Crippen molar-refractivity contribution >= 4 is 29.0 Å². The molecule has 0 saturated carbocycles. The van der Waals surface area contributed by atoms with E-state index in [9.17, 15) is 19.5 Å². The molecule has 2 amide bonds. The lowest BCUT2D eigenvalue weighted by Crippen LogP contribution is -2.52. The van der Waals surface area contributed by atoms with Crippen molar-refractivity contribution in [1.29, 1.82) is 0 Å². The highest BCUT2D eigenvalue weighted by molar-refractivity contribution is 6.50. The Bertz CT molecular complexity index is 1190. The Morgan fingerprint density at radius 2 is 1.82 bits per heavy atom. The Hall–Kier alpha value is -3.91. The molecule has 1 atom stereocenters. The number of carbonyl (C=O) groups excluding carboxylic acids is 3. The first-order chi connectivity index (χ1) is 16.4. The van der Waals surface area contributed by atoms with Gasteiger partial charge in [0.05, 0.1) is 17.9 Å². The van der Waals surface area contributed by atoms with Gasteiger partial charge in [0.15, 0.2) is 5.54 Å². The summed E-state index contributed by atoms with van der Waals surface area (Å²) in [5.74, 6) is -2.10. The van der Waals surface area contributed by atoms with Crippen LogP contribution < -0.4 is 9.64 Å². The molecule has 0 unspecified atom stereocenters. The lowest BCUT2D eigenvalue weighted by molar-refractivity contribution is -0.144. The number of para-hydroxylation sites is 1. The Kier molecular flexibility index (Phi) is 6.26. The van der Waals surface area contributed by atoms with Crippen molar-refractivity contribution in [2.45, 2.75) is 12.5 Å². The third-order valence-corrected chi connectivity index (χ3v) is 6.14. The molecule has 34 heavy (non-hydrogen) atoms. The van der Waals surface area contributed by atoms with Crippen LogP contribution in [-0.4, -0.2) is 61.0 Å². The number of likely N-dealkylation sites (N-methyl/N-ethyl adjacent to an activating group) is 1. The van der Waals surface area contributed by atoms with Crippen molar-refractivity contribution in [3.63, 3.8) is 0 Å². The van der Waals surface area contributed by atoms with Gasteiger partial charge in [-0.15, -0.1) is 0 Å². The molecule has 8 nitrogen and oxygen atoms in total. The van der Waals surface area contributed by atoms with Crippen molar-refractivity contribution in [2.75, 3.05) is 38.3 Å². The number of methoxy groups -OCH3 is 1. The SMILES string of the molecule is C=CCOc1ccc(C(O)=C2C(=O)C(=O)N(CCOC)[C@@]23C(=O)N(CC)c2ccccc23)cc1. The number of likely N-dealkylation sites (tertiary alicyclic amines) is 1. The number of ketones is 1. The molecule has 1 saturated heterocycles. The molecule has 2 aliphatic heterocycles. The van der Waals surface area contributed by atoms with Gasteiger partial charge in [-0.1, -0.05) is 30.9 Å². The van der Waals surface area contributed by atoms with E-state index in [-0.39, 0.29) is 24.3 Å². The molecule has 4 rings (SSSR count). The highest BCUT2D eigenvalue weighted by atomic mass is 16.5. The summed E-state index contributed by atoms with van der Waals surface area (Å²) in [5.41, 5.74) is -0.665. The maximum Gasteiger partial charge on any atom is 0.296 e. The third-order valence-electron chi connectivity index (χ3n) is 6.14. The van der Waals surface area contributed by atoms with Gasteiger partial charge < -0.3 is 24.4 Å². The maximum absolute atomic E-state index is 14.0. The van der Waals surface area contributed by atoms with Gasteiger partial charge in [0.1, 0.15) is 18.1 Å². The average Bonchev–Trinajstić information content (AvgIpc) is 3.24. The van der Waals surface area contributed by atoms with Gasteiger partial charge in [0.2, 0.25) is 0 Å². The zero-order chi connectivity index (χ0) is 24.5. The third kappa shape index (κ3) is 3.30. The molecule has 2 aromatic rings. The van der Waals surface area contributed by atoms with Crippen LogP contribution in [0, 0.1) is 0 Å². The van der Waals surface area contributed by atoms with Crippen molar-refractivity contribution < 1.29 is 29.0 Å². The highest BCUT2D eigenvalue weighted by Gasteiger charge is 2.66. The molecule has 1 N–H and O–H groups in total. The Labute approximate surface area is 197 Å². The van der Waals surface area contributed by atoms with Crippen LogP contribution in [0.2, 0.25) is 0 Å². The summed E-state index contributed by atoms with van der Waals surface area (Å²) in [4.78, 5) is 43.3. The second-order valence-corrected chi connectivity index (χ2v) is 7.90. The standard InChI is InChI=1S/C26H26N2O6/c1-4-15-34-18-12-10-17(11-13-18)22(29)21-23(30)24(31)28(14-16-33-3)26(21)19-8-6-7-9-20(19)27(5-2)25(26)32/h4,6-13,29H,1,5,14-16H2,2-3H3/t26-/m1/s1. The molecule has 2 aliphatic rings. The topological polar surface area (TPSA) is 96.4 Å². The maximum atomic E-state index is 14.0. The summed E-state index contributed by atoms with van der Waals surface area (Å²) in [7, 11) is 1.47. The number of aliphatic hydroxyl groups is 1. The van der Waals surface area contributed by atoms with E-state index in [2.05, 4.69) is 6.58 Å². The first-order valence-corrected chi connectivity index (χ1v) is 11.0. The van der Waals surface area contributed by atoms with Crippen LogP contribution >= 0.6 is 0 Å². The number of rotatable bonds is 8. The molecule has 0 aliphatic carbocycles. The monoisotopic (exact) mass is 462 g/mol. The largest absolute Gasteiger partial charge is 0.507 e. The van der Waals surface area contributed by atoms with E-state index < -0.39 is 28.9 Å². The van der Waals surface area contributed by atoms with Crippen molar-refractivity contribution in [2.24, 2.45) is 0 Å². The van der Waals surface area contributed by atoms with Crippen LogP contribution in [0.3, 0.4) is 0 Å². The number of amides is 2. The van der Waals surface area contributed by atoms with Gasteiger partial charge >= 0.3 is 0 Å². The summed E-state index contributed by atoms with van der Waals surface area (Å²) < 4.78 is 10.6. The first-order valence-electron chi connectivity index (χ1n) is 11.0. The Morgan fingerprint density at radius 1 is 1.12 bits per heavy atom. The predicted octanol–water partition coefficient (Wildman–Crippen LogP) is 2.84. The van der Waals surface area contributed by atoms with Crippen molar-refractivity contribution in [3.8, 4) is 5.75 Å². The van der Waals surface area contributed by atoms with Crippen LogP contribution in [0.4, 0.5) is 5.69 Å². The second-order valence-electron chi connectivity index (χ2n) is 7.90. The minimum atomic E-state index is -1.78. The van der Waals surface area contributed by atoms with E-state index in [1.807, 2.05) is 6.92 Å². The number of fused-ring (bicyclic) bond motifs is 2. The van der Waals surface area contributed by atoms with Crippen LogP contribution in [0.1, 0.15) is 18.1 Å². The summed E-state index contributed by atoms with van der Waals surface area (Å²) in [5, 5.41) is 11.4. The summed E-state index contributed by atoms with van der Waals surface area (Å²) in [6.07, 6.45) is 1.61. The molecular formula is C26H26N2O6. The summed E-state index contributed by atoms with van der Waals surface area (Å²) in [6.45, 7) is 6.19. The number of anilines is 1. The number of carbonyl (C=O) groups is 3. The molecular weight excluding hydrogens is 436 g/mol. The fourth-order valence-corrected chi connectivity index (χ4v) is 4.67. The van der Waals surface area contributed by atoms with Gasteiger partial charge in [0.25, 0.3) is 17.6 Å². The lowest BCUT2D eigenvalue weighted by Gasteiger charge is -2.34. The summed E-state index contributed by atoms with van der Waals surface area (Å²) in [6, 6.07) is 13.4. The molecule has 0 aromatic heterocycles. The van der Waals surface area contributed by atoms with Crippen LogP contribution in [0.25, 0.3) is 5.76 Å². The van der Waals surface area contributed by atoms with Crippen molar-refractivity contribution in [3.05, 3.63) is 77.9 Å². The van der Waals surface area contributed by atoms with Gasteiger partial charge in [-0.05, 0) is 37.3 Å². The zero-order valence-electron chi connectivity index (χ0n) is 19.1. The van der Waals surface area contributed by atoms with Gasteiger partial charge in [-0.3, -0.25) is 14.4 Å². The van der Waals surface area contributed by atoms with Crippen molar-refractivity contribution in [1.82, 2.24) is 4.90 Å².